The molecule has 20 heavy (non-hydrogen) atoms. The highest BCUT2D eigenvalue weighted by atomic mass is 16.5. The summed E-state index contributed by atoms with van der Waals surface area (Å²) >= 11 is 0. The molecule has 4 heteroatoms. The number of nitrogens with zero attached hydrogens (tertiary/aromatic N) is 1. The molecule has 2 saturated carbocycles. The molecule has 0 bridgehead atoms. The Bertz CT molecular complexity index is 387. The van der Waals surface area contributed by atoms with Gasteiger partial charge in [0.15, 0.2) is 5.96 Å². The number of ether oxygens (including phenoxy) is 1. The highest BCUT2D eigenvalue weighted by Gasteiger charge is 2.65. The molecule has 3 atom stereocenters. The lowest BCUT2D eigenvalue weighted by Crippen LogP contribution is -2.69. The van der Waals surface area contributed by atoms with Crippen LogP contribution < -0.4 is 10.6 Å². The molecule has 1 heterocycles. The average Bonchev–Trinajstić information content (AvgIpc) is 3.09. The van der Waals surface area contributed by atoms with Crippen molar-refractivity contribution >= 4 is 5.96 Å². The minimum Gasteiger partial charge on any atom is -0.377 e. The van der Waals surface area contributed by atoms with E-state index in [9.17, 15) is 0 Å². The summed E-state index contributed by atoms with van der Waals surface area (Å²) in [6.45, 7) is 8.36. The number of hydrogen-bond acceptors (Lipinski definition) is 2. The number of nitrogens with one attached hydrogen (secondary N) is 2. The van der Waals surface area contributed by atoms with E-state index in [4.69, 9.17) is 4.74 Å². The fraction of sp³-hybridized carbons (Fsp3) is 0.812. The first kappa shape index (κ1) is 13.9. The van der Waals surface area contributed by atoms with Crippen molar-refractivity contribution in [1.29, 1.82) is 0 Å². The van der Waals surface area contributed by atoms with E-state index in [2.05, 4.69) is 29.1 Å². The first-order valence-corrected chi connectivity index (χ1v) is 8.09. The maximum Gasteiger partial charge on any atom is 0.191 e. The molecule has 4 nitrogen and oxygen atoms in total. The van der Waals surface area contributed by atoms with Crippen molar-refractivity contribution in [2.45, 2.75) is 51.2 Å². The lowest BCUT2D eigenvalue weighted by Gasteiger charge is -2.57. The van der Waals surface area contributed by atoms with Gasteiger partial charge in [-0.2, -0.15) is 0 Å². The van der Waals surface area contributed by atoms with Crippen LogP contribution in [0, 0.1) is 11.3 Å². The second kappa shape index (κ2) is 5.76. The second-order valence-corrected chi connectivity index (χ2v) is 6.31. The average molecular weight is 277 g/mol. The molecule has 0 aromatic heterocycles. The van der Waals surface area contributed by atoms with Crippen molar-refractivity contribution < 1.29 is 4.74 Å². The van der Waals surface area contributed by atoms with E-state index in [1.165, 1.54) is 32.1 Å². The van der Waals surface area contributed by atoms with Gasteiger partial charge in [-0.25, -0.2) is 4.99 Å². The Balaban J connectivity index is 1.72. The van der Waals surface area contributed by atoms with E-state index >= 15 is 0 Å². The van der Waals surface area contributed by atoms with Crippen molar-refractivity contribution in [2.75, 3.05) is 19.7 Å². The van der Waals surface area contributed by atoms with Crippen LogP contribution in [-0.4, -0.2) is 37.8 Å². The molecule has 0 amide bonds. The van der Waals surface area contributed by atoms with Gasteiger partial charge in [0, 0.05) is 30.5 Å². The van der Waals surface area contributed by atoms with Gasteiger partial charge in [0.2, 0.25) is 0 Å². The van der Waals surface area contributed by atoms with E-state index in [1.807, 2.05) is 6.08 Å². The van der Waals surface area contributed by atoms with E-state index in [1.54, 1.807) is 0 Å². The topological polar surface area (TPSA) is 45.7 Å². The van der Waals surface area contributed by atoms with Crippen molar-refractivity contribution in [3.05, 3.63) is 12.7 Å². The lowest BCUT2D eigenvalue weighted by atomic mass is 9.54. The Hall–Kier alpha value is -1.03. The van der Waals surface area contributed by atoms with Crippen LogP contribution in [-0.2, 0) is 4.74 Å². The first-order valence-electron chi connectivity index (χ1n) is 8.09. The third kappa shape index (κ3) is 2.14. The Morgan fingerprint density at radius 2 is 2.25 bits per heavy atom. The fourth-order valence-electron chi connectivity index (χ4n) is 4.53. The predicted octanol–water partition coefficient (Wildman–Crippen LogP) is 2.08. The number of fused-ring (bicyclic) bond motifs is 2. The summed E-state index contributed by atoms with van der Waals surface area (Å²) in [5.74, 6) is 1.62. The zero-order chi connectivity index (χ0) is 14.0. The normalized spacial score (nSPS) is 34.6. The monoisotopic (exact) mass is 277 g/mol. The Kier molecular flexibility index (Phi) is 4.01. The van der Waals surface area contributed by atoms with E-state index in [0.29, 0.717) is 30.0 Å². The molecule has 3 aliphatic rings. The van der Waals surface area contributed by atoms with Gasteiger partial charge in [0.05, 0.1) is 12.6 Å². The zero-order valence-electron chi connectivity index (χ0n) is 12.5. The smallest absolute Gasteiger partial charge is 0.191 e. The van der Waals surface area contributed by atoms with Gasteiger partial charge in [-0.15, -0.1) is 6.58 Å². The van der Waals surface area contributed by atoms with Crippen LogP contribution in [0.4, 0.5) is 0 Å². The molecule has 1 spiro atoms. The molecule has 2 aliphatic carbocycles. The second-order valence-electron chi connectivity index (χ2n) is 6.31. The van der Waals surface area contributed by atoms with Gasteiger partial charge >= 0.3 is 0 Å². The Labute approximate surface area is 122 Å². The summed E-state index contributed by atoms with van der Waals surface area (Å²) in [5, 5.41) is 7.06. The fourth-order valence-corrected chi connectivity index (χ4v) is 4.53. The first-order chi connectivity index (χ1) is 9.81. The van der Waals surface area contributed by atoms with Crippen LogP contribution in [0.3, 0.4) is 0 Å². The van der Waals surface area contributed by atoms with Crippen molar-refractivity contribution in [2.24, 2.45) is 16.3 Å². The van der Waals surface area contributed by atoms with Gasteiger partial charge < -0.3 is 15.4 Å². The molecule has 3 rings (SSSR count). The largest absolute Gasteiger partial charge is 0.377 e. The van der Waals surface area contributed by atoms with E-state index in [0.717, 1.165) is 19.1 Å². The standard InChI is InChI=1S/C16H27N3O/c1-3-10-18-15(17-4-2)19-13-12-7-11-20-14(12)16(13)8-5-6-9-16/h3,12-14H,1,4-11H2,2H3,(H2,17,18,19). The maximum absolute atomic E-state index is 6.03. The highest BCUT2D eigenvalue weighted by Crippen LogP contribution is 2.60. The summed E-state index contributed by atoms with van der Waals surface area (Å²) in [6, 6.07) is 0.542. The van der Waals surface area contributed by atoms with E-state index < -0.39 is 0 Å². The third-order valence-electron chi connectivity index (χ3n) is 5.30. The molecule has 3 fully saturated rings. The van der Waals surface area contributed by atoms with Gasteiger partial charge in [0.25, 0.3) is 0 Å². The van der Waals surface area contributed by atoms with Crippen LogP contribution in [0.2, 0.25) is 0 Å². The quantitative estimate of drug-likeness (QED) is 0.470. The molecule has 0 aromatic rings. The van der Waals surface area contributed by atoms with Gasteiger partial charge in [-0.1, -0.05) is 18.9 Å². The van der Waals surface area contributed by atoms with Crippen LogP contribution in [0.15, 0.2) is 17.6 Å². The van der Waals surface area contributed by atoms with Crippen LogP contribution >= 0.6 is 0 Å². The van der Waals surface area contributed by atoms with Gasteiger partial charge in [-0.3, -0.25) is 0 Å². The number of rotatable bonds is 4. The molecule has 1 saturated heterocycles. The third-order valence-corrected chi connectivity index (χ3v) is 5.30. The maximum atomic E-state index is 6.03. The van der Waals surface area contributed by atoms with E-state index in [-0.39, 0.29) is 0 Å². The molecule has 1 aliphatic heterocycles. The molecule has 0 radical (unpaired) electrons. The summed E-state index contributed by atoms with van der Waals surface area (Å²) < 4.78 is 6.03. The molecule has 0 aromatic carbocycles. The minimum absolute atomic E-state index is 0.380. The Morgan fingerprint density at radius 1 is 1.45 bits per heavy atom. The molecular weight excluding hydrogens is 250 g/mol. The van der Waals surface area contributed by atoms with Crippen LogP contribution in [0.25, 0.3) is 0 Å². The zero-order valence-corrected chi connectivity index (χ0v) is 12.5. The van der Waals surface area contributed by atoms with Gasteiger partial charge in [-0.05, 0) is 26.2 Å². The highest BCUT2D eigenvalue weighted by molar-refractivity contribution is 5.80. The number of guanidine groups is 1. The molecule has 112 valence electrons. The summed E-state index contributed by atoms with van der Waals surface area (Å²) in [6.07, 6.45) is 8.87. The molecular formula is C16H27N3O. The summed E-state index contributed by atoms with van der Waals surface area (Å²) in [7, 11) is 0. The SMILES string of the molecule is C=CCN=C(NCC)NC1C2CCOC2C12CCCC2. The lowest BCUT2D eigenvalue weighted by molar-refractivity contribution is -0.125. The van der Waals surface area contributed by atoms with Crippen molar-refractivity contribution in [1.82, 2.24) is 10.6 Å². The predicted molar refractivity (Wildman–Crippen MR) is 81.8 cm³/mol. The van der Waals surface area contributed by atoms with Crippen LogP contribution in [0.5, 0.6) is 0 Å². The summed E-state index contributed by atoms with van der Waals surface area (Å²) in [5.41, 5.74) is 0.380. The van der Waals surface area contributed by atoms with Crippen LogP contribution in [0.1, 0.15) is 39.0 Å². The molecule has 3 unspecified atom stereocenters. The number of hydrogen-bond donors (Lipinski definition) is 2. The summed E-state index contributed by atoms with van der Waals surface area (Å²) in [4.78, 5) is 4.56. The molecule has 2 N–H and O–H groups in total. The van der Waals surface area contributed by atoms with Crippen molar-refractivity contribution in [3.63, 3.8) is 0 Å². The minimum atomic E-state index is 0.380. The number of aliphatic imine (C=N–C) groups is 1. The van der Waals surface area contributed by atoms with Crippen molar-refractivity contribution in [3.8, 4) is 0 Å². The van der Waals surface area contributed by atoms with Gasteiger partial charge in [0.1, 0.15) is 0 Å². The Morgan fingerprint density at radius 3 is 2.95 bits per heavy atom.